The summed E-state index contributed by atoms with van der Waals surface area (Å²) in [6, 6.07) is 0. The van der Waals surface area contributed by atoms with Crippen LogP contribution in [0.25, 0.3) is 11.2 Å². The number of rotatable bonds is 3. The van der Waals surface area contributed by atoms with Crippen molar-refractivity contribution >= 4 is 17.1 Å². The minimum atomic E-state index is -0.790. The van der Waals surface area contributed by atoms with Crippen molar-refractivity contribution in [3.63, 3.8) is 0 Å². The molecule has 0 aliphatic carbocycles. The van der Waals surface area contributed by atoms with Crippen molar-refractivity contribution in [3.05, 3.63) is 23.0 Å². The molecule has 0 unspecified atom stereocenters. The number of nitrogens with zero attached hydrogens (tertiary/aromatic N) is 3. The highest BCUT2D eigenvalue weighted by molar-refractivity contribution is 5.75. The van der Waals surface area contributed by atoms with Crippen LogP contribution in [0.3, 0.4) is 0 Å². The minimum Gasteiger partial charge on any atom is -0.462 e. The molecule has 9 heteroatoms. The lowest BCUT2D eigenvalue weighted by molar-refractivity contribution is -0.159. The van der Waals surface area contributed by atoms with Crippen LogP contribution in [0.2, 0.25) is 0 Å². The van der Waals surface area contributed by atoms with Gasteiger partial charge >= 0.3 is 5.97 Å². The highest BCUT2D eigenvalue weighted by Gasteiger charge is 2.37. The molecule has 1 aliphatic rings. The van der Waals surface area contributed by atoms with Crippen molar-refractivity contribution in [1.82, 2.24) is 19.5 Å². The molecule has 2 aromatic heterocycles. The number of hydrogen-bond donors (Lipinski definition) is 2. The molecule has 0 spiro atoms. The summed E-state index contributed by atoms with van der Waals surface area (Å²) in [6.07, 6.45) is 1.07. The van der Waals surface area contributed by atoms with Crippen LogP contribution >= 0.6 is 0 Å². The van der Waals surface area contributed by atoms with E-state index in [1.165, 1.54) is 12.7 Å². The molecule has 0 bridgehead atoms. The molecule has 1 fully saturated rings. The molecule has 3 heterocycles. The number of imidazole rings is 1. The smallest absolute Gasteiger partial charge is 0.311 e. The van der Waals surface area contributed by atoms with Crippen molar-refractivity contribution in [3.8, 4) is 0 Å². The summed E-state index contributed by atoms with van der Waals surface area (Å²) >= 11 is 0. The molecule has 2 N–H and O–H groups in total. The second-order valence-electron chi connectivity index (χ2n) is 6.84. The standard InChI is InChI=1S/C15H20N4O5/c1-15(2,3)14(22)23-5-9-8(20)4-10(24-9)19-7-18-11-12(19)16-6-17-13(11)21/h6-10,20H,4-5H2,1-3H3,(H,16,17,21)/t8-,9+,10+/m1/s1. The number of nitrogens with one attached hydrogen (secondary N) is 1. The Morgan fingerprint density at radius 1 is 1.50 bits per heavy atom. The number of esters is 1. The monoisotopic (exact) mass is 336 g/mol. The zero-order valence-electron chi connectivity index (χ0n) is 13.7. The van der Waals surface area contributed by atoms with E-state index in [2.05, 4.69) is 15.0 Å². The molecule has 0 radical (unpaired) electrons. The lowest BCUT2D eigenvalue weighted by Crippen LogP contribution is -2.31. The van der Waals surface area contributed by atoms with Gasteiger partial charge in [-0.25, -0.2) is 9.97 Å². The van der Waals surface area contributed by atoms with Gasteiger partial charge in [-0.3, -0.25) is 14.2 Å². The molecule has 3 rings (SSSR count). The van der Waals surface area contributed by atoms with Gasteiger partial charge in [0.1, 0.15) is 18.9 Å². The molecule has 130 valence electrons. The fourth-order valence-electron chi connectivity index (χ4n) is 2.48. The molecule has 1 aliphatic heterocycles. The summed E-state index contributed by atoms with van der Waals surface area (Å²) in [6.45, 7) is 5.23. The zero-order valence-corrected chi connectivity index (χ0v) is 13.7. The first-order valence-corrected chi connectivity index (χ1v) is 7.68. The van der Waals surface area contributed by atoms with Crippen LogP contribution in [0.1, 0.15) is 33.4 Å². The van der Waals surface area contributed by atoms with E-state index in [9.17, 15) is 14.7 Å². The third-order valence-electron chi connectivity index (χ3n) is 3.87. The van der Waals surface area contributed by atoms with Crippen LogP contribution in [0.4, 0.5) is 0 Å². The van der Waals surface area contributed by atoms with Crippen LogP contribution in [-0.4, -0.2) is 49.4 Å². The van der Waals surface area contributed by atoms with E-state index in [0.29, 0.717) is 5.65 Å². The second-order valence-corrected chi connectivity index (χ2v) is 6.84. The van der Waals surface area contributed by atoms with E-state index in [4.69, 9.17) is 9.47 Å². The number of aromatic nitrogens is 4. The molecule has 2 aromatic rings. The summed E-state index contributed by atoms with van der Waals surface area (Å²) in [5.74, 6) is -0.358. The summed E-state index contributed by atoms with van der Waals surface area (Å²) in [4.78, 5) is 34.1. The summed E-state index contributed by atoms with van der Waals surface area (Å²) in [5.41, 5.74) is -0.372. The van der Waals surface area contributed by atoms with Gasteiger partial charge in [-0.15, -0.1) is 0 Å². The fourth-order valence-corrected chi connectivity index (χ4v) is 2.48. The van der Waals surface area contributed by atoms with Crippen LogP contribution < -0.4 is 5.56 Å². The number of carbonyl (C=O) groups is 1. The largest absolute Gasteiger partial charge is 0.462 e. The maximum absolute atomic E-state index is 11.8. The number of fused-ring (bicyclic) bond motifs is 1. The van der Waals surface area contributed by atoms with Gasteiger partial charge in [0.2, 0.25) is 0 Å². The molecular weight excluding hydrogens is 316 g/mol. The number of aliphatic hydroxyl groups is 1. The topological polar surface area (TPSA) is 119 Å². The average Bonchev–Trinajstić information content (AvgIpc) is 3.08. The van der Waals surface area contributed by atoms with Gasteiger partial charge in [-0.2, -0.15) is 0 Å². The van der Waals surface area contributed by atoms with Gasteiger partial charge in [-0.1, -0.05) is 0 Å². The van der Waals surface area contributed by atoms with Gasteiger partial charge in [-0.05, 0) is 20.8 Å². The van der Waals surface area contributed by atoms with Crippen molar-refractivity contribution in [2.75, 3.05) is 6.61 Å². The van der Waals surface area contributed by atoms with E-state index in [1.54, 1.807) is 25.3 Å². The Bertz CT molecular complexity index is 806. The van der Waals surface area contributed by atoms with Crippen LogP contribution in [0, 0.1) is 5.41 Å². The average molecular weight is 336 g/mol. The van der Waals surface area contributed by atoms with E-state index in [1.807, 2.05) is 0 Å². The minimum absolute atomic E-state index is 0.0333. The lowest BCUT2D eigenvalue weighted by Gasteiger charge is -2.20. The molecule has 1 saturated heterocycles. The third kappa shape index (κ3) is 3.04. The molecular formula is C15H20N4O5. The first kappa shape index (κ1) is 16.6. The van der Waals surface area contributed by atoms with Crippen molar-refractivity contribution in [1.29, 1.82) is 0 Å². The molecule has 3 atom stereocenters. The maximum Gasteiger partial charge on any atom is 0.311 e. The fraction of sp³-hybridized carbons (Fsp3) is 0.600. The second kappa shape index (κ2) is 5.99. The molecule has 0 aromatic carbocycles. The Labute approximate surface area is 137 Å². The first-order chi connectivity index (χ1) is 11.3. The van der Waals surface area contributed by atoms with Crippen molar-refractivity contribution in [2.45, 2.75) is 45.6 Å². The lowest BCUT2D eigenvalue weighted by atomic mass is 9.97. The maximum atomic E-state index is 11.8. The predicted molar refractivity (Wildman–Crippen MR) is 83.1 cm³/mol. The van der Waals surface area contributed by atoms with Gasteiger partial charge in [0.15, 0.2) is 11.2 Å². The number of hydrogen-bond acceptors (Lipinski definition) is 7. The van der Waals surface area contributed by atoms with Gasteiger partial charge in [0.25, 0.3) is 5.56 Å². The molecule has 0 saturated carbocycles. The predicted octanol–water partition coefficient (Wildman–Crippen LogP) is 0.357. The van der Waals surface area contributed by atoms with Gasteiger partial charge in [0.05, 0.1) is 24.2 Å². The van der Waals surface area contributed by atoms with Gasteiger partial charge in [0, 0.05) is 6.42 Å². The Morgan fingerprint density at radius 3 is 2.96 bits per heavy atom. The SMILES string of the molecule is CC(C)(C)C(=O)OC[C@@H]1O[C@H](n2cnc3c(=O)[nH]cnc32)C[C@H]1O. The number of aliphatic hydroxyl groups excluding tert-OH is 1. The van der Waals surface area contributed by atoms with Crippen LogP contribution in [0.5, 0.6) is 0 Å². The number of H-pyrrole nitrogens is 1. The third-order valence-corrected chi connectivity index (χ3v) is 3.87. The molecule has 0 amide bonds. The highest BCUT2D eigenvalue weighted by Crippen LogP contribution is 2.30. The summed E-state index contributed by atoms with van der Waals surface area (Å²) in [7, 11) is 0. The molecule has 9 nitrogen and oxygen atoms in total. The molecule has 24 heavy (non-hydrogen) atoms. The number of carbonyl (C=O) groups excluding carboxylic acids is 1. The highest BCUT2D eigenvalue weighted by atomic mass is 16.6. The first-order valence-electron chi connectivity index (χ1n) is 7.68. The summed E-state index contributed by atoms with van der Waals surface area (Å²) in [5, 5.41) is 10.2. The zero-order chi connectivity index (χ0) is 17.5. The quantitative estimate of drug-likeness (QED) is 0.776. The number of ether oxygens (including phenoxy) is 2. The number of aromatic amines is 1. The van der Waals surface area contributed by atoms with Crippen LogP contribution in [-0.2, 0) is 14.3 Å². The van der Waals surface area contributed by atoms with E-state index >= 15 is 0 Å². The summed E-state index contributed by atoms with van der Waals surface area (Å²) < 4.78 is 12.6. The van der Waals surface area contributed by atoms with Gasteiger partial charge < -0.3 is 19.6 Å². The Hall–Kier alpha value is -2.26. The van der Waals surface area contributed by atoms with Crippen LogP contribution in [0.15, 0.2) is 17.4 Å². The van der Waals surface area contributed by atoms with Crippen molar-refractivity contribution < 1.29 is 19.4 Å². The Kier molecular flexibility index (Phi) is 4.14. The Morgan fingerprint density at radius 2 is 2.25 bits per heavy atom. The van der Waals surface area contributed by atoms with E-state index in [-0.39, 0.29) is 30.1 Å². The Balaban J connectivity index is 1.72. The van der Waals surface area contributed by atoms with E-state index in [0.717, 1.165) is 0 Å². The normalized spacial score (nSPS) is 24.4. The van der Waals surface area contributed by atoms with Crippen molar-refractivity contribution in [2.24, 2.45) is 5.41 Å². The van der Waals surface area contributed by atoms with E-state index < -0.39 is 23.9 Å².